The van der Waals surface area contributed by atoms with Gasteiger partial charge in [0.05, 0.1) is 7.11 Å². The Hall–Kier alpha value is -1.08. The van der Waals surface area contributed by atoms with Crippen molar-refractivity contribution in [1.82, 2.24) is 0 Å². The van der Waals surface area contributed by atoms with Crippen LogP contribution >= 0.6 is 12.4 Å². The summed E-state index contributed by atoms with van der Waals surface area (Å²) in [6.45, 7) is 0. The summed E-state index contributed by atoms with van der Waals surface area (Å²) in [4.78, 5) is 0. The van der Waals surface area contributed by atoms with Gasteiger partial charge in [-0.15, -0.1) is 12.4 Å². The molecule has 0 aliphatic heterocycles. The predicted octanol–water partition coefficient (Wildman–Crippen LogP) is 3.74. The number of nitrogens with two attached hydrogens (primary N) is 1. The molecule has 1 atom stereocenters. The second kappa shape index (κ2) is 6.91. The van der Waals surface area contributed by atoms with Crippen molar-refractivity contribution in [3.05, 3.63) is 29.3 Å². The third-order valence-corrected chi connectivity index (χ3v) is 2.40. The van der Waals surface area contributed by atoms with Crippen molar-refractivity contribution in [2.24, 2.45) is 5.73 Å². The van der Waals surface area contributed by atoms with Crippen molar-refractivity contribution in [2.45, 2.75) is 25.1 Å². The summed E-state index contributed by atoms with van der Waals surface area (Å²) in [5.74, 6) is -2.08. The van der Waals surface area contributed by atoms with Crippen LogP contribution in [0.5, 0.6) is 5.75 Å². The lowest BCUT2D eigenvalue weighted by atomic mass is 10.0. The minimum Gasteiger partial charge on any atom is -0.497 e. The van der Waals surface area contributed by atoms with Crippen LogP contribution in [0.4, 0.5) is 22.0 Å². The van der Waals surface area contributed by atoms with E-state index in [-0.39, 0.29) is 18.2 Å². The fourth-order valence-corrected chi connectivity index (χ4v) is 1.50. The monoisotopic (exact) mass is 305 g/mol. The molecule has 1 aromatic carbocycles. The molecule has 19 heavy (non-hydrogen) atoms. The van der Waals surface area contributed by atoms with Crippen LogP contribution in [0.3, 0.4) is 0 Å². The third kappa shape index (κ3) is 5.20. The molecule has 2 nitrogen and oxygen atoms in total. The smallest absolute Gasteiger partial charge is 0.389 e. The minimum atomic E-state index is -4.41. The second-order valence-corrected chi connectivity index (χ2v) is 3.77. The average molecular weight is 306 g/mol. The van der Waals surface area contributed by atoms with Gasteiger partial charge in [0.25, 0.3) is 0 Å². The molecule has 0 aromatic heterocycles. The topological polar surface area (TPSA) is 35.2 Å². The highest BCUT2D eigenvalue weighted by Crippen LogP contribution is 2.30. The largest absolute Gasteiger partial charge is 0.497 e. The Labute approximate surface area is 113 Å². The highest BCUT2D eigenvalue weighted by atomic mass is 35.5. The van der Waals surface area contributed by atoms with E-state index >= 15 is 0 Å². The summed E-state index contributed by atoms with van der Waals surface area (Å²) in [6, 6.07) is 0.412. The molecule has 0 aliphatic carbocycles. The molecular weight excluding hydrogens is 293 g/mol. The lowest BCUT2D eigenvalue weighted by Gasteiger charge is -2.15. The van der Waals surface area contributed by atoms with E-state index in [1.54, 1.807) is 0 Å². The van der Waals surface area contributed by atoms with E-state index in [9.17, 15) is 22.0 Å². The SMILES string of the molecule is COc1cc(F)c([C@H](N)CCC(F)(F)F)c(F)c1.Cl. The van der Waals surface area contributed by atoms with Crippen LogP contribution in [0.1, 0.15) is 24.4 Å². The standard InChI is InChI=1S/C11H12F5NO.ClH/c1-18-6-4-7(12)10(8(13)5-6)9(17)2-3-11(14,15)16;/h4-5,9H,2-3,17H2,1H3;1H/t9-;/m1./s1. The molecule has 0 heterocycles. The fraction of sp³-hybridized carbons (Fsp3) is 0.455. The Kier molecular flexibility index (Phi) is 6.51. The van der Waals surface area contributed by atoms with Gasteiger partial charge >= 0.3 is 6.18 Å². The van der Waals surface area contributed by atoms with Crippen LogP contribution < -0.4 is 10.5 Å². The van der Waals surface area contributed by atoms with Gasteiger partial charge in [0.15, 0.2) is 0 Å². The fourth-order valence-electron chi connectivity index (χ4n) is 1.50. The number of hydrogen-bond donors (Lipinski definition) is 1. The van der Waals surface area contributed by atoms with Crippen molar-refractivity contribution >= 4 is 12.4 Å². The Morgan fingerprint density at radius 3 is 2.05 bits per heavy atom. The molecule has 0 radical (unpaired) electrons. The van der Waals surface area contributed by atoms with Gasteiger partial charge in [0.1, 0.15) is 17.4 Å². The Bertz CT molecular complexity index is 401. The van der Waals surface area contributed by atoms with Crippen LogP contribution in [-0.4, -0.2) is 13.3 Å². The number of hydrogen-bond acceptors (Lipinski definition) is 2. The van der Waals surface area contributed by atoms with Crippen LogP contribution in [0.2, 0.25) is 0 Å². The van der Waals surface area contributed by atoms with Crippen molar-refractivity contribution in [1.29, 1.82) is 0 Å². The molecule has 0 saturated carbocycles. The average Bonchev–Trinajstić information content (AvgIpc) is 2.24. The number of methoxy groups -OCH3 is 1. The third-order valence-electron chi connectivity index (χ3n) is 2.40. The van der Waals surface area contributed by atoms with Gasteiger partial charge in [-0.2, -0.15) is 13.2 Å². The zero-order chi connectivity index (χ0) is 13.9. The van der Waals surface area contributed by atoms with Crippen molar-refractivity contribution in [3.8, 4) is 5.75 Å². The van der Waals surface area contributed by atoms with E-state index in [2.05, 4.69) is 4.74 Å². The molecule has 0 unspecified atom stereocenters. The number of benzene rings is 1. The first-order valence-electron chi connectivity index (χ1n) is 5.10. The number of halogens is 6. The number of alkyl halides is 3. The summed E-state index contributed by atoms with van der Waals surface area (Å²) < 4.78 is 67.6. The number of rotatable bonds is 4. The van der Waals surface area contributed by atoms with Crippen LogP contribution in [0.15, 0.2) is 12.1 Å². The van der Waals surface area contributed by atoms with E-state index in [4.69, 9.17) is 5.73 Å². The number of ether oxygens (including phenoxy) is 1. The Morgan fingerprint density at radius 1 is 1.21 bits per heavy atom. The van der Waals surface area contributed by atoms with E-state index in [1.807, 2.05) is 0 Å². The maximum Gasteiger partial charge on any atom is 0.389 e. The molecule has 2 N–H and O–H groups in total. The van der Waals surface area contributed by atoms with Gasteiger partial charge in [-0.1, -0.05) is 0 Å². The highest BCUT2D eigenvalue weighted by molar-refractivity contribution is 5.85. The molecule has 0 fully saturated rings. The first-order valence-corrected chi connectivity index (χ1v) is 5.10. The normalized spacial score (nSPS) is 12.8. The van der Waals surface area contributed by atoms with E-state index in [0.717, 1.165) is 12.1 Å². The zero-order valence-corrected chi connectivity index (χ0v) is 10.7. The first kappa shape index (κ1) is 17.9. The maximum atomic E-state index is 13.5. The summed E-state index contributed by atoms with van der Waals surface area (Å²) in [5.41, 5.74) is 4.82. The van der Waals surface area contributed by atoms with Crippen molar-refractivity contribution in [3.63, 3.8) is 0 Å². The molecule has 0 aliphatic rings. The van der Waals surface area contributed by atoms with Gasteiger partial charge in [-0.05, 0) is 6.42 Å². The first-order chi connectivity index (χ1) is 8.24. The van der Waals surface area contributed by atoms with E-state index < -0.39 is 42.3 Å². The molecule has 0 saturated heterocycles. The summed E-state index contributed by atoms with van der Waals surface area (Å²) in [6.07, 6.45) is -6.18. The van der Waals surface area contributed by atoms with Crippen LogP contribution in [-0.2, 0) is 0 Å². The summed E-state index contributed by atoms with van der Waals surface area (Å²) in [5, 5.41) is 0. The molecule has 8 heteroatoms. The van der Waals surface area contributed by atoms with Gasteiger partial charge < -0.3 is 10.5 Å². The highest BCUT2D eigenvalue weighted by Gasteiger charge is 2.29. The Balaban J connectivity index is 0.00000324. The lowest BCUT2D eigenvalue weighted by molar-refractivity contribution is -0.136. The van der Waals surface area contributed by atoms with Crippen LogP contribution in [0.25, 0.3) is 0 Å². The second-order valence-electron chi connectivity index (χ2n) is 3.77. The van der Waals surface area contributed by atoms with Crippen LogP contribution in [0, 0.1) is 11.6 Å². The van der Waals surface area contributed by atoms with Gasteiger partial charge in [0.2, 0.25) is 0 Å². The summed E-state index contributed by atoms with van der Waals surface area (Å²) >= 11 is 0. The van der Waals surface area contributed by atoms with Crippen molar-refractivity contribution in [2.75, 3.05) is 7.11 Å². The molecule has 0 amide bonds. The Morgan fingerprint density at radius 2 is 1.68 bits per heavy atom. The predicted molar refractivity (Wildman–Crippen MR) is 62.4 cm³/mol. The van der Waals surface area contributed by atoms with E-state index in [1.165, 1.54) is 7.11 Å². The lowest BCUT2D eigenvalue weighted by Crippen LogP contribution is -2.18. The molecule has 0 bridgehead atoms. The molecule has 1 rings (SSSR count). The zero-order valence-electron chi connectivity index (χ0n) is 9.93. The maximum absolute atomic E-state index is 13.5. The van der Waals surface area contributed by atoms with Crippen molar-refractivity contribution < 1.29 is 26.7 Å². The minimum absolute atomic E-state index is 0. The molecule has 1 aromatic rings. The van der Waals surface area contributed by atoms with Gasteiger partial charge in [-0.25, -0.2) is 8.78 Å². The van der Waals surface area contributed by atoms with Gasteiger partial charge in [-0.3, -0.25) is 0 Å². The molecule has 0 spiro atoms. The molecular formula is C11H13ClF5NO. The summed E-state index contributed by atoms with van der Waals surface area (Å²) in [7, 11) is 1.22. The van der Waals surface area contributed by atoms with E-state index in [0.29, 0.717) is 0 Å². The van der Waals surface area contributed by atoms with Gasteiger partial charge in [0, 0.05) is 30.2 Å². The quantitative estimate of drug-likeness (QED) is 0.860. The molecule has 110 valence electrons.